The first-order chi connectivity index (χ1) is 14.1. The number of ether oxygens (including phenoxy) is 1. The van der Waals surface area contributed by atoms with Crippen molar-refractivity contribution in [2.75, 3.05) is 0 Å². The van der Waals surface area contributed by atoms with E-state index in [9.17, 15) is 4.79 Å². The van der Waals surface area contributed by atoms with Crippen molar-refractivity contribution in [1.29, 1.82) is 0 Å². The van der Waals surface area contributed by atoms with Crippen molar-refractivity contribution in [3.8, 4) is 0 Å². The molecule has 0 spiro atoms. The molecule has 4 aliphatic carbocycles. The van der Waals surface area contributed by atoms with Crippen LogP contribution in [0.2, 0.25) is 0 Å². The average molecular weight is 415 g/mol. The van der Waals surface area contributed by atoms with Crippen LogP contribution >= 0.6 is 0 Å². The van der Waals surface area contributed by atoms with E-state index in [0.717, 1.165) is 42.4 Å². The summed E-state index contributed by atoms with van der Waals surface area (Å²) < 4.78 is 5.64. The minimum atomic E-state index is -0.0941. The average Bonchev–Trinajstić information content (AvgIpc) is 3.03. The summed E-state index contributed by atoms with van der Waals surface area (Å²) in [6.07, 6.45) is 17.1. The van der Waals surface area contributed by atoms with E-state index in [0.29, 0.717) is 22.7 Å². The zero-order chi connectivity index (χ0) is 21.7. The van der Waals surface area contributed by atoms with E-state index in [1.54, 1.807) is 6.92 Å². The summed E-state index contributed by atoms with van der Waals surface area (Å²) in [6.45, 7) is 13.9. The molecule has 9 atom stereocenters. The Morgan fingerprint density at radius 2 is 1.60 bits per heavy atom. The van der Waals surface area contributed by atoms with Crippen LogP contribution in [0, 0.1) is 52.3 Å². The second kappa shape index (κ2) is 8.28. The third-order valence-electron chi connectivity index (χ3n) is 10.5. The summed E-state index contributed by atoms with van der Waals surface area (Å²) in [5.41, 5.74) is 1.02. The molecule has 0 aromatic carbocycles. The predicted octanol–water partition coefficient (Wildman–Crippen LogP) is 7.43. The highest BCUT2D eigenvalue weighted by molar-refractivity contribution is 5.66. The lowest BCUT2D eigenvalue weighted by Gasteiger charge is -2.61. The van der Waals surface area contributed by atoms with Gasteiger partial charge in [-0.3, -0.25) is 4.79 Å². The van der Waals surface area contributed by atoms with Crippen LogP contribution in [0.5, 0.6) is 0 Å². The summed E-state index contributed by atoms with van der Waals surface area (Å²) in [7, 11) is 0. The summed E-state index contributed by atoms with van der Waals surface area (Å²) in [6, 6.07) is 0. The second-order valence-electron chi connectivity index (χ2n) is 12.4. The maximum atomic E-state index is 11.5. The number of allylic oxidation sites excluding steroid dienone is 2. The van der Waals surface area contributed by atoms with Crippen molar-refractivity contribution >= 4 is 5.97 Å². The zero-order valence-electron chi connectivity index (χ0n) is 20.5. The molecule has 170 valence electrons. The van der Waals surface area contributed by atoms with Crippen molar-refractivity contribution in [3.05, 3.63) is 12.2 Å². The summed E-state index contributed by atoms with van der Waals surface area (Å²) >= 11 is 0. The van der Waals surface area contributed by atoms with Crippen LogP contribution in [-0.4, -0.2) is 12.1 Å². The summed E-state index contributed by atoms with van der Waals surface area (Å²) in [4.78, 5) is 11.5. The Labute approximate surface area is 185 Å². The van der Waals surface area contributed by atoms with Gasteiger partial charge in [-0.05, 0) is 110 Å². The van der Waals surface area contributed by atoms with Crippen LogP contribution in [0.3, 0.4) is 0 Å². The molecule has 30 heavy (non-hydrogen) atoms. The quantitative estimate of drug-likeness (QED) is 0.353. The van der Waals surface area contributed by atoms with E-state index in [1.807, 2.05) is 0 Å². The SMILES string of the molecule is CC(=O)OC1CCC2(C)C(CCC3C2CCC2(C)C(C(C)C=CC(C)C)CCC32)C1. The Kier molecular flexibility index (Phi) is 6.19. The first-order valence-corrected chi connectivity index (χ1v) is 13.0. The molecule has 0 heterocycles. The van der Waals surface area contributed by atoms with Crippen molar-refractivity contribution in [1.82, 2.24) is 0 Å². The number of hydrogen-bond donors (Lipinski definition) is 0. The van der Waals surface area contributed by atoms with E-state index in [-0.39, 0.29) is 12.1 Å². The Morgan fingerprint density at radius 1 is 0.900 bits per heavy atom. The minimum absolute atomic E-state index is 0.0941. The van der Waals surface area contributed by atoms with Gasteiger partial charge in [-0.15, -0.1) is 0 Å². The first kappa shape index (κ1) is 22.4. The molecule has 0 amide bonds. The van der Waals surface area contributed by atoms with Crippen molar-refractivity contribution < 1.29 is 9.53 Å². The Bertz CT molecular complexity index is 666. The predicted molar refractivity (Wildman–Crippen MR) is 124 cm³/mol. The lowest BCUT2D eigenvalue weighted by atomic mass is 9.44. The van der Waals surface area contributed by atoms with E-state index in [1.165, 1.54) is 44.9 Å². The van der Waals surface area contributed by atoms with Crippen LogP contribution in [0.1, 0.15) is 99.3 Å². The monoisotopic (exact) mass is 414 g/mol. The Balaban J connectivity index is 1.49. The molecule has 0 aromatic rings. The molecule has 4 saturated carbocycles. The second-order valence-corrected chi connectivity index (χ2v) is 12.4. The lowest BCUT2D eigenvalue weighted by molar-refractivity contribution is -0.160. The van der Waals surface area contributed by atoms with Crippen LogP contribution < -0.4 is 0 Å². The van der Waals surface area contributed by atoms with Gasteiger partial charge in [0.2, 0.25) is 0 Å². The third-order valence-corrected chi connectivity index (χ3v) is 10.5. The van der Waals surface area contributed by atoms with E-state index < -0.39 is 0 Å². The van der Waals surface area contributed by atoms with Crippen LogP contribution in [0.15, 0.2) is 12.2 Å². The number of hydrogen-bond acceptors (Lipinski definition) is 2. The number of carbonyl (C=O) groups excluding carboxylic acids is 1. The van der Waals surface area contributed by atoms with Crippen molar-refractivity contribution in [3.63, 3.8) is 0 Å². The number of rotatable bonds is 4. The van der Waals surface area contributed by atoms with Gasteiger partial charge in [-0.25, -0.2) is 0 Å². The van der Waals surface area contributed by atoms with E-state index in [4.69, 9.17) is 4.74 Å². The topological polar surface area (TPSA) is 26.3 Å². The number of carbonyl (C=O) groups is 1. The van der Waals surface area contributed by atoms with Crippen molar-refractivity contribution in [2.45, 2.75) is 105 Å². The molecule has 0 bridgehead atoms. The highest BCUT2D eigenvalue weighted by Crippen LogP contribution is 2.68. The third kappa shape index (κ3) is 3.79. The van der Waals surface area contributed by atoms with E-state index >= 15 is 0 Å². The molecular formula is C28H46O2. The van der Waals surface area contributed by atoms with Gasteiger partial charge in [-0.2, -0.15) is 0 Å². The molecule has 0 aliphatic heterocycles. The van der Waals surface area contributed by atoms with Gasteiger partial charge in [0.1, 0.15) is 6.10 Å². The molecule has 2 heteroatoms. The molecule has 0 saturated heterocycles. The largest absolute Gasteiger partial charge is 0.463 e. The molecule has 2 nitrogen and oxygen atoms in total. The van der Waals surface area contributed by atoms with Gasteiger partial charge in [0, 0.05) is 6.92 Å². The Morgan fingerprint density at radius 3 is 2.30 bits per heavy atom. The van der Waals surface area contributed by atoms with Gasteiger partial charge in [0.25, 0.3) is 0 Å². The summed E-state index contributed by atoms with van der Waals surface area (Å²) in [5, 5.41) is 0. The maximum absolute atomic E-state index is 11.5. The van der Waals surface area contributed by atoms with Crippen LogP contribution in [0.4, 0.5) is 0 Å². The van der Waals surface area contributed by atoms with Gasteiger partial charge < -0.3 is 4.74 Å². The van der Waals surface area contributed by atoms with Crippen LogP contribution in [-0.2, 0) is 9.53 Å². The molecule has 9 unspecified atom stereocenters. The molecular weight excluding hydrogens is 368 g/mol. The van der Waals surface area contributed by atoms with Crippen molar-refractivity contribution in [2.24, 2.45) is 52.3 Å². The van der Waals surface area contributed by atoms with Gasteiger partial charge in [0.05, 0.1) is 0 Å². The van der Waals surface area contributed by atoms with Gasteiger partial charge in [0.15, 0.2) is 0 Å². The normalized spacial score (nSPS) is 46.9. The van der Waals surface area contributed by atoms with Crippen LogP contribution in [0.25, 0.3) is 0 Å². The molecule has 4 rings (SSSR count). The van der Waals surface area contributed by atoms with Gasteiger partial charge >= 0.3 is 5.97 Å². The highest BCUT2D eigenvalue weighted by Gasteiger charge is 2.60. The summed E-state index contributed by atoms with van der Waals surface area (Å²) in [5.74, 6) is 5.66. The maximum Gasteiger partial charge on any atom is 0.302 e. The fourth-order valence-corrected chi connectivity index (χ4v) is 9.00. The zero-order valence-corrected chi connectivity index (χ0v) is 20.5. The molecule has 0 aromatic heterocycles. The molecule has 0 radical (unpaired) electrons. The lowest BCUT2D eigenvalue weighted by Crippen LogP contribution is -2.54. The standard InChI is InChI=1S/C28H46O2/c1-18(2)7-8-19(3)24-11-12-25-23-10-9-21-17-22(30-20(4)29)13-15-27(21,5)26(23)14-16-28(24,25)6/h7-8,18-19,21-26H,9-17H2,1-6H3. The molecule has 4 fully saturated rings. The van der Waals surface area contributed by atoms with E-state index in [2.05, 4.69) is 46.8 Å². The molecule has 4 aliphatic rings. The molecule has 0 N–H and O–H groups in total. The Hall–Kier alpha value is -0.790. The van der Waals surface area contributed by atoms with Gasteiger partial charge in [-0.1, -0.05) is 46.8 Å². The highest BCUT2D eigenvalue weighted by atomic mass is 16.5. The fraction of sp³-hybridized carbons (Fsp3) is 0.893. The minimum Gasteiger partial charge on any atom is -0.463 e. The number of fused-ring (bicyclic) bond motifs is 5. The smallest absolute Gasteiger partial charge is 0.302 e. The number of esters is 1. The first-order valence-electron chi connectivity index (χ1n) is 13.0. The fourth-order valence-electron chi connectivity index (χ4n) is 9.00.